The number of aliphatic imine (C=N–C) groups is 1. The Bertz CT molecular complexity index is 127. The smallest absolute Gasteiger partial charge is 0.203 e. The fraction of sp³-hybridized carbons (Fsp3) is 0.400. The molecule has 0 heterocycles. The molecule has 0 spiro atoms. The van der Waals surface area contributed by atoms with Crippen LogP contribution in [0.4, 0.5) is 0 Å². The van der Waals surface area contributed by atoms with Crippen molar-refractivity contribution >= 4 is 5.96 Å². The summed E-state index contributed by atoms with van der Waals surface area (Å²) in [6.07, 6.45) is 0. The molecule has 0 aromatic heterocycles. The first-order chi connectivity index (χ1) is 4.16. The number of nitrogens with one attached hydrogen (secondary N) is 1. The van der Waals surface area contributed by atoms with E-state index < -0.39 is 0 Å². The molecule has 0 amide bonds. The van der Waals surface area contributed by atoms with Gasteiger partial charge >= 0.3 is 0 Å². The van der Waals surface area contributed by atoms with Gasteiger partial charge in [-0.15, -0.1) is 0 Å². The summed E-state index contributed by atoms with van der Waals surface area (Å²) < 4.78 is 0. The first-order valence-electron chi connectivity index (χ1n) is 2.57. The second-order valence-corrected chi connectivity index (χ2v) is 1.80. The van der Waals surface area contributed by atoms with E-state index in [4.69, 9.17) is 11.6 Å². The molecule has 0 unspecified atom stereocenters. The summed E-state index contributed by atoms with van der Waals surface area (Å²) in [5.41, 5.74) is 8.35. The van der Waals surface area contributed by atoms with E-state index in [0.29, 0.717) is 6.54 Å². The van der Waals surface area contributed by atoms with Gasteiger partial charge < -0.3 is 5.73 Å². The molecule has 0 saturated carbocycles. The van der Waals surface area contributed by atoms with Gasteiger partial charge in [0.15, 0.2) is 0 Å². The monoisotopic (exact) mass is 128 g/mol. The number of guanidine groups is 1. The van der Waals surface area contributed by atoms with Gasteiger partial charge in [0.2, 0.25) is 5.96 Å². The van der Waals surface area contributed by atoms with Crippen LogP contribution in [-0.2, 0) is 0 Å². The minimum absolute atomic E-state index is 0.234. The Labute approximate surface area is 54.6 Å². The fourth-order valence-electron chi connectivity index (χ4n) is 0.266. The number of rotatable bonds is 2. The Hall–Kier alpha value is -1.03. The summed E-state index contributed by atoms with van der Waals surface area (Å²) in [6, 6.07) is 0. The molecule has 9 heavy (non-hydrogen) atoms. The number of nitrogens with zero attached hydrogens (tertiary/aromatic N) is 1. The molecule has 0 saturated heterocycles. The molecule has 0 radical (unpaired) electrons. The summed E-state index contributed by atoms with van der Waals surface area (Å²) in [7, 11) is 0. The third-order valence-electron chi connectivity index (χ3n) is 0.667. The average molecular weight is 128 g/mol. The van der Waals surface area contributed by atoms with Gasteiger partial charge in [-0.05, 0) is 6.92 Å². The zero-order chi connectivity index (χ0) is 7.28. The van der Waals surface area contributed by atoms with Crippen molar-refractivity contribution in [2.24, 2.45) is 16.6 Å². The Morgan fingerprint density at radius 3 is 2.67 bits per heavy atom. The normalized spacial score (nSPS) is 11.1. The highest BCUT2D eigenvalue weighted by molar-refractivity contribution is 5.77. The summed E-state index contributed by atoms with van der Waals surface area (Å²) in [6.45, 7) is 6.02. The van der Waals surface area contributed by atoms with E-state index in [9.17, 15) is 0 Å². The number of nitrogens with two attached hydrogens (primary N) is 2. The molecule has 0 rings (SSSR count). The van der Waals surface area contributed by atoms with Crippen molar-refractivity contribution in [2.45, 2.75) is 6.92 Å². The third kappa shape index (κ3) is 4.83. The van der Waals surface area contributed by atoms with Gasteiger partial charge in [0.1, 0.15) is 0 Å². The van der Waals surface area contributed by atoms with E-state index in [1.807, 2.05) is 6.92 Å². The maximum Gasteiger partial charge on any atom is 0.203 e. The van der Waals surface area contributed by atoms with E-state index in [0.717, 1.165) is 5.57 Å². The molecule has 0 aliphatic carbocycles. The van der Waals surface area contributed by atoms with Crippen LogP contribution in [0.3, 0.4) is 0 Å². The Kier molecular flexibility index (Phi) is 3.46. The van der Waals surface area contributed by atoms with Crippen LogP contribution in [-0.4, -0.2) is 12.5 Å². The first-order valence-corrected chi connectivity index (χ1v) is 2.57. The maximum atomic E-state index is 5.19. The highest BCUT2D eigenvalue weighted by Crippen LogP contribution is 1.84. The number of hydrazine groups is 1. The predicted octanol–water partition coefficient (Wildman–Crippen LogP) is -0.659. The zero-order valence-corrected chi connectivity index (χ0v) is 5.52. The lowest BCUT2D eigenvalue weighted by atomic mass is 10.4. The minimum atomic E-state index is 0.234. The number of hydrogen-bond donors (Lipinski definition) is 3. The molecule has 0 aromatic carbocycles. The molecule has 4 nitrogen and oxygen atoms in total. The van der Waals surface area contributed by atoms with Crippen molar-refractivity contribution in [2.75, 3.05) is 6.54 Å². The van der Waals surface area contributed by atoms with Crippen molar-refractivity contribution in [3.05, 3.63) is 12.2 Å². The molecule has 0 bridgehead atoms. The van der Waals surface area contributed by atoms with Crippen molar-refractivity contribution < 1.29 is 0 Å². The predicted molar refractivity (Wildman–Crippen MR) is 38.6 cm³/mol. The second kappa shape index (κ2) is 3.91. The highest BCUT2D eigenvalue weighted by atomic mass is 15.3. The van der Waals surface area contributed by atoms with E-state index in [2.05, 4.69) is 17.0 Å². The molecular weight excluding hydrogens is 116 g/mol. The van der Waals surface area contributed by atoms with Gasteiger partial charge in [0.05, 0.1) is 6.54 Å². The Morgan fingerprint density at radius 1 is 1.78 bits per heavy atom. The Morgan fingerprint density at radius 2 is 2.33 bits per heavy atom. The van der Waals surface area contributed by atoms with Crippen LogP contribution in [0, 0.1) is 0 Å². The summed E-state index contributed by atoms with van der Waals surface area (Å²) in [5, 5.41) is 0. The van der Waals surface area contributed by atoms with Crippen LogP contribution < -0.4 is 17.0 Å². The topological polar surface area (TPSA) is 76.4 Å². The minimum Gasteiger partial charge on any atom is -0.369 e. The molecule has 5 N–H and O–H groups in total. The largest absolute Gasteiger partial charge is 0.369 e. The lowest BCUT2D eigenvalue weighted by Gasteiger charge is -1.96. The van der Waals surface area contributed by atoms with Crippen LogP contribution in [0.2, 0.25) is 0 Å². The molecule has 4 heteroatoms. The van der Waals surface area contributed by atoms with Crippen molar-refractivity contribution in [3.63, 3.8) is 0 Å². The van der Waals surface area contributed by atoms with Gasteiger partial charge in [0.25, 0.3) is 0 Å². The first kappa shape index (κ1) is 7.97. The lowest BCUT2D eigenvalue weighted by molar-refractivity contribution is 0.980. The SMILES string of the molecule is C=C(C)C/N=C(/N)NN. The molecule has 0 fully saturated rings. The molecule has 0 aliphatic rings. The van der Waals surface area contributed by atoms with Crippen LogP contribution in [0.5, 0.6) is 0 Å². The van der Waals surface area contributed by atoms with Gasteiger partial charge in [-0.2, -0.15) is 0 Å². The third-order valence-corrected chi connectivity index (χ3v) is 0.667. The van der Waals surface area contributed by atoms with E-state index in [1.54, 1.807) is 0 Å². The molecule has 0 atom stereocenters. The van der Waals surface area contributed by atoms with Crippen LogP contribution in [0.15, 0.2) is 17.1 Å². The highest BCUT2D eigenvalue weighted by Gasteiger charge is 1.83. The molecule has 0 aromatic rings. The van der Waals surface area contributed by atoms with Gasteiger partial charge in [-0.1, -0.05) is 12.2 Å². The van der Waals surface area contributed by atoms with Crippen molar-refractivity contribution in [3.8, 4) is 0 Å². The van der Waals surface area contributed by atoms with E-state index in [-0.39, 0.29) is 5.96 Å². The summed E-state index contributed by atoms with van der Waals surface area (Å²) in [5.74, 6) is 5.16. The number of hydrogen-bond acceptors (Lipinski definition) is 2. The van der Waals surface area contributed by atoms with Gasteiger partial charge in [-0.3, -0.25) is 5.43 Å². The molecular formula is C5H12N4. The van der Waals surface area contributed by atoms with Crippen LogP contribution in [0.1, 0.15) is 6.92 Å². The quantitative estimate of drug-likeness (QED) is 0.152. The average Bonchev–Trinajstić information content (AvgIpc) is 1.83. The standard InChI is InChI=1S/C5H12N4/c1-4(2)3-8-5(6)9-7/h1,3,7H2,2H3,(H3,6,8,9). The van der Waals surface area contributed by atoms with E-state index >= 15 is 0 Å². The van der Waals surface area contributed by atoms with Crippen LogP contribution >= 0.6 is 0 Å². The van der Waals surface area contributed by atoms with E-state index in [1.165, 1.54) is 0 Å². The maximum absolute atomic E-state index is 5.19. The second-order valence-electron chi connectivity index (χ2n) is 1.80. The Balaban J connectivity index is 3.56. The van der Waals surface area contributed by atoms with Crippen LogP contribution in [0.25, 0.3) is 0 Å². The fourth-order valence-corrected chi connectivity index (χ4v) is 0.266. The zero-order valence-electron chi connectivity index (χ0n) is 5.52. The summed E-state index contributed by atoms with van der Waals surface area (Å²) >= 11 is 0. The molecule has 0 aliphatic heterocycles. The van der Waals surface area contributed by atoms with Gasteiger partial charge in [-0.25, -0.2) is 10.8 Å². The van der Waals surface area contributed by atoms with Gasteiger partial charge in [0, 0.05) is 0 Å². The van der Waals surface area contributed by atoms with Crippen molar-refractivity contribution in [1.82, 2.24) is 5.43 Å². The molecule has 52 valence electrons. The van der Waals surface area contributed by atoms with Crippen molar-refractivity contribution in [1.29, 1.82) is 0 Å². The summed E-state index contributed by atoms with van der Waals surface area (Å²) in [4.78, 5) is 3.80. The lowest BCUT2D eigenvalue weighted by Crippen LogP contribution is -2.37.